The second-order valence-electron chi connectivity index (χ2n) is 4.89. The van der Waals surface area contributed by atoms with Gasteiger partial charge in [-0.05, 0) is 29.8 Å². The molecule has 0 unspecified atom stereocenters. The van der Waals surface area contributed by atoms with E-state index in [-0.39, 0.29) is 23.0 Å². The van der Waals surface area contributed by atoms with Gasteiger partial charge >= 0.3 is 11.7 Å². The van der Waals surface area contributed by atoms with E-state index in [1.54, 1.807) is 30.3 Å². The summed E-state index contributed by atoms with van der Waals surface area (Å²) in [5, 5.41) is 11.1. The Morgan fingerprint density at radius 1 is 1.21 bits per heavy atom. The minimum absolute atomic E-state index is 0.0771. The van der Waals surface area contributed by atoms with Gasteiger partial charge in [-0.1, -0.05) is 24.3 Å². The van der Waals surface area contributed by atoms with Crippen LogP contribution in [-0.4, -0.2) is 23.9 Å². The Kier molecular flexibility index (Phi) is 4.07. The molecule has 2 aromatic carbocycles. The quantitative estimate of drug-likeness (QED) is 0.373. The number of cyclic esters (lactones) is 1. The molecule has 120 valence electrons. The first kappa shape index (κ1) is 15.4. The molecule has 0 amide bonds. The van der Waals surface area contributed by atoms with Crippen LogP contribution in [0.1, 0.15) is 11.1 Å². The van der Waals surface area contributed by atoms with Gasteiger partial charge in [0.25, 0.3) is 0 Å². The Hall–Kier alpha value is -3.48. The van der Waals surface area contributed by atoms with E-state index in [0.717, 1.165) is 0 Å². The number of aliphatic imine (C=N–C) groups is 1. The summed E-state index contributed by atoms with van der Waals surface area (Å²) in [6, 6.07) is 13.4. The van der Waals surface area contributed by atoms with Gasteiger partial charge in [0, 0.05) is 11.6 Å². The SMILES string of the molecule is COc1ccc(/C=C2\N=C(c3ccccc3)OC2=O)cc1[N+](=O)[O-]. The fraction of sp³-hybridized carbons (Fsp3) is 0.0588. The predicted octanol–water partition coefficient (Wildman–Crippen LogP) is 2.95. The number of rotatable bonds is 4. The molecule has 0 saturated heterocycles. The van der Waals surface area contributed by atoms with Crippen LogP contribution in [0.3, 0.4) is 0 Å². The van der Waals surface area contributed by atoms with Crippen molar-refractivity contribution in [3.05, 3.63) is 75.5 Å². The first-order chi connectivity index (χ1) is 11.6. The fourth-order valence-electron chi connectivity index (χ4n) is 2.21. The van der Waals surface area contributed by atoms with Crippen LogP contribution in [0.15, 0.2) is 59.2 Å². The lowest BCUT2D eigenvalue weighted by atomic mass is 10.1. The molecular formula is C17H12N2O5. The van der Waals surface area contributed by atoms with Gasteiger partial charge in [-0.3, -0.25) is 10.1 Å². The van der Waals surface area contributed by atoms with Crippen LogP contribution < -0.4 is 4.74 Å². The van der Waals surface area contributed by atoms with Crippen LogP contribution in [0.5, 0.6) is 5.75 Å². The highest BCUT2D eigenvalue weighted by Gasteiger charge is 2.24. The summed E-state index contributed by atoms with van der Waals surface area (Å²) in [5.41, 5.74) is 1.02. The third-order valence-corrected chi connectivity index (χ3v) is 3.34. The van der Waals surface area contributed by atoms with Crippen LogP contribution in [0.25, 0.3) is 6.08 Å². The third kappa shape index (κ3) is 3.00. The largest absolute Gasteiger partial charge is 0.490 e. The standard InChI is InChI=1S/C17H12N2O5/c1-23-15-8-7-11(10-14(15)19(21)22)9-13-17(20)24-16(18-13)12-5-3-2-4-6-12/h2-10H,1H3/b13-9-. The number of benzene rings is 2. The van der Waals surface area contributed by atoms with Crippen molar-refractivity contribution < 1.29 is 19.2 Å². The maximum Gasteiger partial charge on any atom is 0.363 e. The molecule has 7 heteroatoms. The average Bonchev–Trinajstić information content (AvgIpc) is 2.96. The van der Waals surface area contributed by atoms with Crippen LogP contribution in [0.4, 0.5) is 5.69 Å². The molecule has 1 aliphatic heterocycles. The minimum atomic E-state index is -0.604. The van der Waals surface area contributed by atoms with Gasteiger partial charge in [0.2, 0.25) is 5.90 Å². The number of hydrogen-bond donors (Lipinski definition) is 0. The Morgan fingerprint density at radius 3 is 2.62 bits per heavy atom. The zero-order valence-corrected chi connectivity index (χ0v) is 12.6. The van der Waals surface area contributed by atoms with E-state index < -0.39 is 10.9 Å². The van der Waals surface area contributed by atoms with E-state index in [0.29, 0.717) is 11.1 Å². The van der Waals surface area contributed by atoms with Crippen molar-refractivity contribution in [1.82, 2.24) is 0 Å². The molecule has 1 aliphatic rings. The van der Waals surface area contributed by atoms with Crippen LogP contribution in [0.2, 0.25) is 0 Å². The highest BCUT2D eigenvalue weighted by Crippen LogP contribution is 2.29. The number of carbonyl (C=O) groups is 1. The molecule has 0 radical (unpaired) electrons. The lowest BCUT2D eigenvalue weighted by Crippen LogP contribution is -2.04. The van der Waals surface area contributed by atoms with Gasteiger partial charge in [-0.25, -0.2) is 9.79 Å². The minimum Gasteiger partial charge on any atom is -0.490 e. The molecule has 0 N–H and O–H groups in total. The van der Waals surface area contributed by atoms with Gasteiger partial charge in [-0.15, -0.1) is 0 Å². The molecule has 0 atom stereocenters. The van der Waals surface area contributed by atoms with Crippen molar-refractivity contribution in [2.45, 2.75) is 0 Å². The molecule has 24 heavy (non-hydrogen) atoms. The number of nitrogens with zero attached hydrogens (tertiary/aromatic N) is 2. The zero-order valence-electron chi connectivity index (χ0n) is 12.6. The highest BCUT2D eigenvalue weighted by molar-refractivity contribution is 6.12. The molecule has 0 bridgehead atoms. The normalized spacial score (nSPS) is 15.1. The Bertz CT molecular complexity index is 872. The highest BCUT2D eigenvalue weighted by atomic mass is 16.6. The van der Waals surface area contributed by atoms with E-state index in [1.165, 1.54) is 25.3 Å². The fourth-order valence-corrected chi connectivity index (χ4v) is 2.21. The van der Waals surface area contributed by atoms with Crippen molar-refractivity contribution in [1.29, 1.82) is 0 Å². The molecule has 2 aromatic rings. The molecule has 3 rings (SSSR count). The van der Waals surface area contributed by atoms with Gasteiger partial charge in [-0.2, -0.15) is 0 Å². The van der Waals surface area contributed by atoms with Crippen LogP contribution in [-0.2, 0) is 9.53 Å². The third-order valence-electron chi connectivity index (χ3n) is 3.34. The molecule has 1 heterocycles. The molecule has 0 saturated carbocycles. The van der Waals surface area contributed by atoms with Crippen molar-refractivity contribution in [3.63, 3.8) is 0 Å². The first-order valence-electron chi connectivity index (χ1n) is 6.99. The zero-order chi connectivity index (χ0) is 17.1. The van der Waals surface area contributed by atoms with E-state index in [1.807, 2.05) is 6.07 Å². The summed E-state index contributed by atoms with van der Waals surface area (Å²) < 4.78 is 10.1. The van der Waals surface area contributed by atoms with Crippen LogP contribution >= 0.6 is 0 Å². The predicted molar refractivity (Wildman–Crippen MR) is 86.7 cm³/mol. The van der Waals surface area contributed by atoms with E-state index >= 15 is 0 Å². The van der Waals surface area contributed by atoms with Crippen molar-refractivity contribution in [3.8, 4) is 5.75 Å². The monoisotopic (exact) mass is 324 g/mol. The van der Waals surface area contributed by atoms with Crippen molar-refractivity contribution >= 4 is 23.6 Å². The topological polar surface area (TPSA) is 91.0 Å². The molecular weight excluding hydrogens is 312 g/mol. The lowest BCUT2D eigenvalue weighted by molar-refractivity contribution is -0.385. The summed E-state index contributed by atoms with van der Waals surface area (Å²) in [5.74, 6) is -0.258. The maximum atomic E-state index is 11.9. The molecule has 0 fully saturated rings. The van der Waals surface area contributed by atoms with Crippen molar-refractivity contribution in [2.75, 3.05) is 7.11 Å². The number of hydrogen-bond acceptors (Lipinski definition) is 6. The van der Waals surface area contributed by atoms with Gasteiger partial charge in [0.1, 0.15) is 0 Å². The summed E-state index contributed by atoms with van der Waals surface area (Å²) in [6.45, 7) is 0. The van der Waals surface area contributed by atoms with E-state index in [4.69, 9.17) is 9.47 Å². The summed E-state index contributed by atoms with van der Waals surface area (Å²) in [7, 11) is 1.35. The molecule has 0 aromatic heterocycles. The van der Waals surface area contributed by atoms with Crippen molar-refractivity contribution in [2.24, 2.45) is 4.99 Å². The summed E-state index contributed by atoms with van der Waals surface area (Å²) >= 11 is 0. The number of nitro benzene ring substituents is 1. The smallest absolute Gasteiger partial charge is 0.363 e. The van der Waals surface area contributed by atoms with E-state index in [2.05, 4.69) is 4.99 Å². The maximum absolute atomic E-state index is 11.9. The molecule has 0 spiro atoms. The summed E-state index contributed by atoms with van der Waals surface area (Å²) in [4.78, 5) is 26.6. The summed E-state index contributed by atoms with van der Waals surface area (Å²) in [6.07, 6.45) is 1.44. The first-order valence-corrected chi connectivity index (χ1v) is 6.99. The molecule has 0 aliphatic carbocycles. The molecule has 7 nitrogen and oxygen atoms in total. The van der Waals surface area contributed by atoms with Gasteiger partial charge in [0.15, 0.2) is 11.4 Å². The second-order valence-corrected chi connectivity index (χ2v) is 4.89. The average molecular weight is 324 g/mol. The second kappa shape index (κ2) is 6.33. The lowest BCUT2D eigenvalue weighted by Gasteiger charge is -2.02. The van der Waals surface area contributed by atoms with E-state index in [9.17, 15) is 14.9 Å². The number of esters is 1. The Balaban J connectivity index is 1.97. The number of ether oxygens (including phenoxy) is 2. The Labute approximate surface area is 137 Å². The van der Waals surface area contributed by atoms with Gasteiger partial charge in [0.05, 0.1) is 12.0 Å². The Morgan fingerprint density at radius 2 is 1.96 bits per heavy atom. The number of carbonyl (C=O) groups excluding carboxylic acids is 1. The van der Waals surface area contributed by atoms with Crippen LogP contribution in [0, 0.1) is 10.1 Å². The van der Waals surface area contributed by atoms with Gasteiger partial charge < -0.3 is 9.47 Å². The number of nitro groups is 1. The number of methoxy groups -OCH3 is 1.